The summed E-state index contributed by atoms with van der Waals surface area (Å²) in [4.78, 5) is 12.2. The van der Waals surface area contributed by atoms with Crippen LogP contribution in [0.3, 0.4) is 0 Å². The molecule has 14 heavy (non-hydrogen) atoms. The normalized spacial score (nSPS) is 10.1. The maximum Gasteiger partial charge on any atom is 0.264 e. The summed E-state index contributed by atoms with van der Waals surface area (Å²) in [5.41, 5.74) is 6.08. The van der Waals surface area contributed by atoms with Crippen LogP contribution in [-0.4, -0.2) is 28.6 Å². The predicted molar refractivity (Wildman–Crippen MR) is 55.3 cm³/mol. The third kappa shape index (κ3) is 2.74. The molecule has 1 aromatic rings. The Bertz CT molecular complexity index is 299. The van der Waals surface area contributed by atoms with Crippen molar-refractivity contribution in [3.8, 4) is 0 Å². The lowest BCUT2D eigenvalue weighted by Gasteiger charge is -2.01. The highest BCUT2D eigenvalue weighted by Gasteiger charge is 2.13. The van der Waals surface area contributed by atoms with E-state index in [-0.39, 0.29) is 5.91 Å². The molecular weight excluding hydrogens is 200 g/mol. The van der Waals surface area contributed by atoms with Crippen molar-refractivity contribution in [1.82, 2.24) is 14.9 Å². The monoisotopic (exact) mass is 214 g/mol. The predicted octanol–water partition coefficient (Wildman–Crippen LogP) is 0.179. The first-order valence-electron chi connectivity index (χ1n) is 4.59. The van der Waals surface area contributed by atoms with E-state index in [1.54, 1.807) is 0 Å². The fraction of sp³-hybridized carbons (Fsp3) is 0.625. The van der Waals surface area contributed by atoms with E-state index in [1.807, 2.05) is 6.92 Å². The van der Waals surface area contributed by atoms with Gasteiger partial charge in [0.25, 0.3) is 5.91 Å². The second-order valence-electron chi connectivity index (χ2n) is 2.80. The van der Waals surface area contributed by atoms with Gasteiger partial charge in [-0.1, -0.05) is 11.4 Å². The van der Waals surface area contributed by atoms with E-state index in [0.29, 0.717) is 18.0 Å². The molecule has 1 amide bonds. The molecule has 1 rings (SSSR count). The molecule has 0 spiro atoms. The molecule has 0 radical (unpaired) electrons. The SMILES string of the molecule is CCc1nnsc1C(=O)NCCCN. The Kier molecular flexibility index (Phi) is 4.48. The number of carbonyl (C=O) groups excluding carboxylic acids is 1. The summed E-state index contributed by atoms with van der Waals surface area (Å²) in [6.07, 6.45) is 1.52. The fourth-order valence-corrected chi connectivity index (χ4v) is 1.66. The van der Waals surface area contributed by atoms with Crippen molar-refractivity contribution in [1.29, 1.82) is 0 Å². The summed E-state index contributed by atoms with van der Waals surface area (Å²) in [6, 6.07) is 0. The summed E-state index contributed by atoms with van der Waals surface area (Å²) in [5, 5.41) is 6.64. The highest BCUT2D eigenvalue weighted by atomic mass is 32.1. The molecule has 0 aliphatic rings. The van der Waals surface area contributed by atoms with Gasteiger partial charge in [-0.15, -0.1) is 5.10 Å². The average molecular weight is 214 g/mol. The Hall–Kier alpha value is -1.01. The minimum Gasteiger partial charge on any atom is -0.351 e. The van der Waals surface area contributed by atoms with Crippen LogP contribution >= 0.6 is 11.5 Å². The van der Waals surface area contributed by atoms with Gasteiger partial charge in [0.2, 0.25) is 0 Å². The van der Waals surface area contributed by atoms with Crippen molar-refractivity contribution in [2.75, 3.05) is 13.1 Å². The molecule has 0 unspecified atom stereocenters. The molecule has 5 nitrogen and oxygen atoms in total. The lowest BCUT2D eigenvalue weighted by atomic mass is 10.3. The molecule has 1 heterocycles. The third-order valence-corrected chi connectivity index (χ3v) is 2.53. The number of aromatic nitrogens is 2. The molecule has 0 aliphatic heterocycles. The van der Waals surface area contributed by atoms with Crippen molar-refractivity contribution in [2.45, 2.75) is 19.8 Å². The number of nitrogens with two attached hydrogens (primary N) is 1. The number of hydrogen-bond acceptors (Lipinski definition) is 5. The number of carbonyl (C=O) groups is 1. The van der Waals surface area contributed by atoms with E-state index >= 15 is 0 Å². The molecule has 0 fully saturated rings. The first-order valence-corrected chi connectivity index (χ1v) is 5.36. The lowest BCUT2D eigenvalue weighted by Crippen LogP contribution is -2.26. The second kappa shape index (κ2) is 5.66. The van der Waals surface area contributed by atoms with Gasteiger partial charge in [-0.05, 0) is 30.9 Å². The van der Waals surface area contributed by atoms with E-state index in [2.05, 4.69) is 14.9 Å². The third-order valence-electron chi connectivity index (χ3n) is 1.76. The van der Waals surface area contributed by atoms with Gasteiger partial charge in [0.1, 0.15) is 4.88 Å². The number of nitrogens with zero attached hydrogens (tertiary/aromatic N) is 2. The average Bonchev–Trinajstić information content (AvgIpc) is 2.65. The standard InChI is InChI=1S/C8H14N4OS/c1-2-6-7(14-12-11-6)8(13)10-5-3-4-9/h2-5,9H2,1H3,(H,10,13). The maximum atomic E-state index is 11.5. The minimum absolute atomic E-state index is 0.0923. The van der Waals surface area contributed by atoms with E-state index in [4.69, 9.17) is 5.73 Å². The topological polar surface area (TPSA) is 80.9 Å². The van der Waals surface area contributed by atoms with Gasteiger partial charge >= 0.3 is 0 Å². The number of nitrogens with one attached hydrogen (secondary N) is 1. The summed E-state index contributed by atoms with van der Waals surface area (Å²) >= 11 is 1.14. The van der Waals surface area contributed by atoms with Crippen LogP contribution in [0.1, 0.15) is 28.7 Å². The number of rotatable bonds is 5. The Morgan fingerprint density at radius 3 is 3.07 bits per heavy atom. The quantitative estimate of drug-likeness (QED) is 0.685. The van der Waals surface area contributed by atoms with Gasteiger partial charge in [0.05, 0.1) is 5.69 Å². The summed E-state index contributed by atoms with van der Waals surface area (Å²) < 4.78 is 3.75. The Morgan fingerprint density at radius 2 is 2.43 bits per heavy atom. The molecular formula is C8H14N4OS. The molecule has 0 saturated carbocycles. The zero-order valence-corrected chi connectivity index (χ0v) is 8.93. The zero-order valence-electron chi connectivity index (χ0n) is 8.12. The van der Waals surface area contributed by atoms with Gasteiger partial charge in [-0.3, -0.25) is 4.79 Å². The van der Waals surface area contributed by atoms with Crippen LogP contribution in [0.4, 0.5) is 0 Å². The maximum absolute atomic E-state index is 11.5. The van der Waals surface area contributed by atoms with E-state index in [1.165, 1.54) is 0 Å². The van der Waals surface area contributed by atoms with Crippen LogP contribution in [0.5, 0.6) is 0 Å². The van der Waals surface area contributed by atoms with Gasteiger partial charge in [0.15, 0.2) is 0 Å². The van der Waals surface area contributed by atoms with Crippen LogP contribution < -0.4 is 11.1 Å². The largest absolute Gasteiger partial charge is 0.351 e. The van der Waals surface area contributed by atoms with Gasteiger partial charge in [-0.2, -0.15) is 0 Å². The van der Waals surface area contributed by atoms with Crippen molar-refractivity contribution in [3.63, 3.8) is 0 Å². The molecule has 0 aliphatic carbocycles. The highest BCUT2D eigenvalue weighted by molar-refractivity contribution is 7.08. The highest BCUT2D eigenvalue weighted by Crippen LogP contribution is 2.10. The van der Waals surface area contributed by atoms with Crippen LogP contribution in [0.15, 0.2) is 0 Å². The van der Waals surface area contributed by atoms with Crippen LogP contribution in [0.25, 0.3) is 0 Å². The van der Waals surface area contributed by atoms with Gasteiger partial charge < -0.3 is 11.1 Å². The lowest BCUT2D eigenvalue weighted by molar-refractivity contribution is 0.0956. The Labute approximate surface area is 86.9 Å². The first-order chi connectivity index (χ1) is 6.79. The van der Waals surface area contributed by atoms with E-state index in [9.17, 15) is 4.79 Å². The van der Waals surface area contributed by atoms with E-state index < -0.39 is 0 Å². The number of amides is 1. The smallest absolute Gasteiger partial charge is 0.264 e. The first kappa shape index (κ1) is 11.1. The number of hydrogen-bond donors (Lipinski definition) is 2. The fourth-order valence-electron chi connectivity index (χ4n) is 0.997. The summed E-state index contributed by atoms with van der Waals surface area (Å²) in [6.45, 7) is 3.14. The Morgan fingerprint density at radius 1 is 1.64 bits per heavy atom. The second-order valence-corrected chi connectivity index (χ2v) is 3.55. The molecule has 6 heteroatoms. The minimum atomic E-state index is -0.0923. The molecule has 0 bridgehead atoms. The Balaban J connectivity index is 2.51. The molecule has 1 aromatic heterocycles. The van der Waals surface area contributed by atoms with Crippen LogP contribution in [-0.2, 0) is 6.42 Å². The summed E-state index contributed by atoms with van der Waals surface area (Å²) in [7, 11) is 0. The van der Waals surface area contributed by atoms with Crippen LogP contribution in [0.2, 0.25) is 0 Å². The molecule has 78 valence electrons. The van der Waals surface area contributed by atoms with Crippen molar-refractivity contribution < 1.29 is 4.79 Å². The molecule has 0 aromatic carbocycles. The van der Waals surface area contributed by atoms with Crippen LogP contribution in [0, 0.1) is 0 Å². The van der Waals surface area contributed by atoms with Crippen molar-refractivity contribution in [3.05, 3.63) is 10.6 Å². The van der Waals surface area contributed by atoms with Crippen molar-refractivity contribution in [2.24, 2.45) is 5.73 Å². The zero-order chi connectivity index (χ0) is 10.4. The molecule has 3 N–H and O–H groups in total. The van der Waals surface area contributed by atoms with Crippen molar-refractivity contribution >= 4 is 17.4 Å². The number of aryl methyl sites for hydroxylation is 1. The van der Waals surface area contributed by atoms with Gasteiger partial charge in [-0.25, -0.2) is 0 Å². The van der Waals surface area contributed by atoms with Gasteiger partial charge in [0, 0.05) is 6.54 Å². The molecule has 0 saturated heterocycles. The van der Waals surface area contributed by atoms with E-state index in [0.717, 1.165) is 30.1 Å². The molecule has 0 atom stereocenters. The summed E-state index contributed by atoms with van der Waals surface area (Å²) in [5.74, 6) is -0.0923.